The number of halogens is 1. The van der Waals surface area contributed by atoms with E-state index in [0.29, 0.717) is 27.8 Å². The molecule has 166 valence electrons. The molecule has 0 heterocycles. The van der Waals surface area contributed by atoms with Crippen LogP contribution in [-0.4, -0.2) is 33.2 Å². The Morgan fingerprint density at radius 1 is 0.906 bits per heavy atom. The summed E-state index contributed by atoms with van der Waals surface area (Å²) >= 11 is 6.16. The molecular formula is C24H22ClNO6. The van der Waals surface area contributed by atoms with Crippen molar-refractivity contribution >= 4 is 29.2 Å². The number of methoxy groups -OCH3 is 3. The third kappa shape index (κ3) is 5.31. The summed E-state index contributed by atoms with van der Waals surface area (Å²) in [6, 6.07) is 17.0. The highest BCUT2D eigenvalue weighted by atomic mass is 35.5. The van der Waals surface area contributed by atoms with Gasteiger partial charge in [-0.15, -0.1) is 0 Å². The Labute approximate surface area is 190 Å². The molecule has 3 aromatic rings. The largest absolute Gasteiger partial charge is 0.493 e. The van der Waals surface area contributed by atoms with Crippen molar-refractivity contribution in [2.45, 2.75) is 6.61 Å². The molecule has 0 aliphatic carbocycles. The maximum atomic E-state index is 12.9. The van der Waals surface area contributed by atoms with Crippen LogP contribution in [0.1, 0.15) is 26.3 Å². The van der Waals surface area contributed by atoms with Crippen LogP contribution in [0, 0.1) is 0 Å². The van der Waals surface area contributed by atoms with Gasteiger partial charge in [0.25, 0.3) is 5.91 Å². The van der Waals surface area contributed by atoms with E-state index in [1.165, 1.54) is 33.5 Å². The van der Waals surface area contributed by atoms with Crippen LogP contribution in [0.3, 0.4) is 0 Å². The summed E-state index contributed by atoms with van der Waals surface area (Å²) in [7, 11) is 4.16. The van der Waals surface area contributed by atoms with Gasteiger partial charge < -0.3 is 24.3 Å². The molecule has 0 fully saturated rings. The lowest BCUT2D eigenvalue weighted by Crippen LogP contribution is -2.16. The van der Waals surface area contributed by atoms with Gasteiger partial charge in [0.2, 0.25) is 0 Å². The summed E-state index contributed by atoms with van der Waals surface area (Å²) < 4.78 is 21.1. The van der Waals surface area contributed by atoms with Crippen LogP contribution in [0.5, 0.6) is 17.2 Å². The van der Waals surface area contributed by atoms with Crippen molar-refractivity contribution in [1.29, 1.82) is 0 Å². The number of carbonyl (C=O) groups is 2. The fourth-order valence-electron chi connectivity index (χ4n) is 2.96. The van der Waals surface area contributed by atoms with Gasteiger partial charge in [0, 0.05) is 28.3 Å². The van der Waals surface area contributed by atoms with Crippen LogP contribution in [0.15, 0.2) is 60.7 Å². The molecule has 0 saturated carbocycles. The molecule has 0 atom stereocenters. The zero-order valence-corrected chi connectivity index (χ0v) is 18.6. The molecule has 1 N–H and O–H groups in total. The highest BCUT2D eigenvalue weighted by molar-refractivity contribution is 6.31. The van der Waals surface area contributed by atoms with Gasteiger partial charge >= 0.3 is 5.97 Å². The Bertz CT molecular complexity index is 1130. The molecule has 1 amide bonds. The standard InChI is InChI=1S/C24H22ClNO6/c1-29-21-12-18(24(28)31-3)20(13-22(21)30-2)26-23(27)15-8-6-9-17(11-15)32-14-16-7-4-5-10-19(16)25/h4-13H,14H2,1-3H3,(H,26,27). The number of rotatable bonds is 8. The maximum absolute atomic E-state index is 12.9. The molecule has 0 radical (unpaired) electrons. The van der Waals surface area contributed by atoms with Crippen LogP contribution < -0.4 is 19.5 Å². The Balaban J connectivity index is 1.82. The Kier molecular flexibility index (Phi) is 7.57. The number of esters is 1. The van der Waals surface area contributed by atoms with Crippen LogP contribution >= 0.6 is 11.6 Å². The first kappa shape index (κ1) is 23.0. The molecule has 0 unspecified atom stereocenters. The van der Waals surface area contributed by atoms with E-state index in [9.17, 15) is 9.59 Å². The number of anilines is 1. The molecule has 0 aliphatic heterocycles. The summed E-state index contributed by atoms with van der Waals surface area (Å²) in [6.07, 6.45) is 0. The maximum Gasteiger partial charge on any atom is 0.340 e. The second-order valence-electron chi connectivity index (χ2n) is 6.61. The van der Waals surface area contributed by atoms with Gasteiger partial charge in [-0.05, 0) is 24.3 Å². The molecule has 0 aromatic heterocycles. The van der Waals surface area contributed by atoms with E-state index in [1.807, 2.05) is 18.2 Å². The zero-order valence-electron chi connectivity index (χ0n) is 17.8. The number of amides is 1. The molecular weight excluding hydrogens is 434 g/mol. The second kappa shape index (κ2) is 10.5. The molecule has 0 saturated heterocycles. The lowest BCUT2D eigenvalue weighted by Gasteiger charge is -2.15. The fourth-order valence-corrected chi connectivity index (χ4v) is 3.15. The minimum Gasteiger partial charge on any atom is -0.493 e. The van der Waals surface area contributed by atoms with Gasteiger partial charge in [-0.25, -0.2) is 4.79 Å². The van der Waals surface area contributed by atoms with Gasteiger partial charge in [0.15, 0.2) is 11.5 Å². The molecule has 0 bridgehead atoms. The third-order valence-electron chi connectivity index (χ3n) is 4.63. The Morgan fingerprint density at radius 2 is 1.62 bits per heavy atom. The molecule has 0 aliphatic rings. The summed E-state index contributed by atoms with van der Waals surface area (Å²) in [4.78, 5) is 25.1. The first-order valence-electron chi connectivity index (χ1n) is 9.58. The lowest BCUT2D eigenvalue weighted by molar-refractivity contribution is 0.0601. The van der Waals surface area contributed by atoms with Crippen molar-refractivity contribution in [3.8, 4) is 17.2 Å². The van der Waals surface area contributed by atoms with E-state index in [0.717, 1.165) is 5.56 Å². The molecule has 0 spiro atoms. The van der Waals surface area contributed by atoms with Crippen LogP contribution in [0.25, 0.3) is 0 Å². The van der Waals surface area contributed by atoms with Gasteiger partial charge in [0.05, 0.1) is 32.6 Å². The van der Waals surface area contributed by atoms with Crippen LogP contribution in [0.4, 0.5) is 5.69 Å². The minimum absolute atomic E-state index is 0.129. The van der Waals surface area contributed by atoms with E-state index in [-0.39, 0.29) is 17.9 Å². The quantitative estimate of drug-likeness (QED) is 0.482. The average molecular weight is 456 g/mol. The van der Waals surface area contributed by atoms with Crippen LogP contribution in [-0.2, 0) is 11.3 Å². The Morgan fingerprint density at radius 3 is 2.31 bits per heavy atom. The van der Waals surface area contributed by atoms with Crippen LogP contribution in [0.2, 0.25) is 5.02 Å². The van der Waals surface area contributed by atoms with Crippen molar-refractivity contribution in [2.75, 3.05) is 26.6 Å². The normalized spacial score (nSPS) is 10.2. The number of hydrogen-bond donors (Lipinski definition) is 1. The zero-order chi connectivity index (χ0) is 23.1. The van der Waals surface area contributed by atoms with E-state index < -0.39 is 11.9 Å². The fraction of sp³-hybridized carbons (Fsp3) is 0.167. The van der Waals surface area contributed by atoms with Crippen molar-refractivity contribution in [3.63, 3.8) is 0 Å². The second-order valence-corrected chi connectivity index (χ2v) is 7.01. The van der Waals surface area contributed by atoms with Gasteiger partial charge in [0.1, 0.15) is 12.4 Å². The molecule has 32 heavy (non-hydrogen) atoms. The predicted molar refractivity (Wildman–Crippen MR) is 121 cm³/mol. The molecule has 8 heteroatoms. The highest BCUT2D eigenvalue weighted by Crippen LogP contribution is 2.34. The number of ether oxygens (including phenoxy) is 4. The van der Waals surface area contributed by atoms with E-state index in [4.69, 9.17) is 30.5 Å². The number of nitrogens with one attached hydrogen (secondary N) is 1. The minimum atomic E-state index is -0.627. The van der Waals surface area contributed by atoms with Gasteiger partial charge in [-0.3, -0.25) is 4.79 Å². The van der Waals surface area contributed by atoms with E-state index >= 15 is 0 Å². The average Bonchev–Trinajstić information content (AvgIpc) is 2.82. The highest BCUT2D eigenvalue weighted by Gasteiger charge is 2.20. The SMILES string of the molecule is COC(=O)c1cc(OC)c(OC)cc1NC(=O)c1cccc(OCc2ccccc2Cl)c1. The molecule has 3 rings (SSSR count). The van der Waals surface area contributed by atoms with Gasteiger partial charge in [-0.2, -0.15) is 0 Å². The summed E-state index contributed by atoms with van der Waals surface area (Å²) in [6.45, 7) is 0.257. The van der Waals surface area contributed by atoms with E-state index in [2.05, 4.69) is 5.32 Å². The van der Waals surface area contributed by atoms with Crippen molar-refractivity contribution in [3.05, 3.63) is 82.4 Å². The van der Waals surface area contributed by atoms with Crippen molar-refractivity contribution < 1.29 is 28.5 Å². The topological polar surface area (TPSA) is 83.1 Å². The smallest absolute Gasteiger partial charge is 0.340 e. The number of carbonyl (C=O) groups excluding carboxylic acids is 2. The monoisotopic (exact) mass is 455 g/mol. The van der Waals surface area contributed by atoms with Crippen molar-refractivity contribution in [2.24, 2.45) is 0 Å². The molecule has 3 aromatic carbocycles. The molecule has 7 nitrogen and oxygen atoms in total. The Hall–Kier alpha value is -3.71. The predicted octanol–water partition coefficient (Wildman–Crippen LogP) is 4.98. The first-order valence-corrected chi connectivity index (χ1v) is 9.96. The summed E-state index contributed by atoms with van der Waals surface area (Å²) in [5.74, 6) is 0.120. The summed E-state index contributed by atoms with van der Waals surface area (Å²) in [5, 5.41) is 3.33. The summed E-state index contributed by atoms with van der Waals surface area (Å²) in [5.41, 5.74) is 1.52. The van der Waals surface area contributed by atoms with E-state index in [1.54, 1.807) is 30.3 Å². The third-order valence-corrected chi connectivity index (χ3v) is 4.99. The van der Waals surface area contributed by atoms with Crippen molar-refractivity contribution in [1.82, 2.24) is 0 Å². The number of benzene rings is 3. The first-order chi connectivity index (χ1) is 15.5. The lowest BCUT2D eigenvalue weighted by atomic mass is 10.1. The van der Waals surface area contributed by atoms with Gasteiger partial charge in [-0.1, -0.05) is 35.9 Å². The number of hydrogen-bond acceptors (Lipinski definition) is 6.